The molecule has 0 aromatic heterocycles. The molecule has 0 aliphatic heterocycles. The Bertz CT molecular complexity index is 460. The Morgan fingerprint density at radius 1 is 1.50 bits per heavy atom. The number of hydrogen-bond acceptors (Lipinski definition) is 3. The fraction of sp³-hybridized carbons (Fsp3) is 0.462. The van der Waals surface area contributed by atoms with Gasteiger partial charge in [0.05, 0.1) is 0 Å². The number of rotatable bonds is 5. The highest BCUT2D eigenvalue weighted by Gasteiger charge is 2.10. The molecule has 0 radical (unpaired) electrons. The van der Waals surface area contributed by atoms with Gasteiger partial charge in [-0.2, -0.15) is 0 Å². The van der Waals surface area contributed by atoms with Crippen LogP contribution in [0.5, 0.6) is 0 Å². The molecule has 1 aromatic carbocycles. The molecule has 1 rings (SSSR count). The lowest BCUT2D eigenvalue weighted by Crippen LogP contribution is -2.28. The Labute approximate surface area is 116 Å². The van der Waals surface area contributed by atoms with E-state index in [0.29, 0.717) is 18.5 Å². The van der Waals surface area contributed by atoms with Crippen molar-refractivity contribution in [2.45, 2.75) is 30.4 Å². The largest absolute Gasteiger partial charge is 0.352 e. The highest BCUT2D eigenvalue weighted by molar-refractivity contribution is 7.84. The molecule has 18 heavy (non-hydrogen) atoms. The summed E-state index contributed by atoms with van der Waals surface area (Å²) >= 11 is 4.23. The van der Waals surface area contributed by atoms with Crippen LogP contribution in [0.2, 0.25) is 0 Å². The van der Waals surface area contributed by atoms with Crippen LogP contribution in [0.15, 0.2) is 23.1 Å². The van der Waals surface area contributed by atoms with Crippen molar-refractivity contribution in [1.29, 1.82) is 0 Å². The number of thiol groups is 1. The molecule has 0 aliphatic rings. The lowest BCUT2D eigenvalue weighted by atomic mass is 10.1. The van der Waals surface area contributed by atoms with Gasteiger partial charge in [-0.25, -0.2) is 0 Å². The zero-order valence-corrected chi connectivity index (χ0v) is 12.6. The number of amides is 1. The standard InChI is InChI=1S/C13H19NO2S2/c1-9-4-5-11(17)8-12(9)13(15)14-7-6-10(2)18(3)16/h4-5,8,10,17H,6-7H2,1-3H3,(H,14,15). The summed E-state index contributed by atoms with van der Waals surface area (Å²) in [5, 5.41) is 2.95. The smallest absolute Gasteiger partial charge is 0.251 e. The first kappa shape index (κ1) is 15.2. The van der Waals surface area contributed by atoms with E-state index in [2.05, 4.69) is 17.9 Å². The van der Waals surface area contributed by atoms with Gasteiger partial charge in [0.1, 0.15) is 0 Å². The van der Waals surface area contributed by atoms with Gasteiger partial charge >= 0.3 is 0 Å². The second kappa shape index (κ2) is 6.95. The molecule has 1 amide bonds. The van der Waals surface area contributed by atoms with Gasteiger partial charge in [-0.3, -0.25) is 9.00 Å². The molecule has 2 atom stereocenters. The van der Waals surface area contributed by atoms with Gasteiger partial charge in [-0.1, -0.05) is 13.0 Å². The zero-order chi connectivity index (χ0) is 13.7. The van der Waals surface area contributed by atoms with Crippen LogP contribution in [0, 0.1) is 6.92 Å². The zero-order valence-electron chi connectivity index (χ0n) is 10.9. The summed E-state index contributed by atoms with van der Waals surface area (Å²) in [6.45, 7) is 4.35. The molecule has 0 aliphatic carbocycles. The normalized spacial score (nSPS) is 14.0. The minimum absolute atomic E-state index is 0.0996. The van der Waals surface area contributed by atoms with Crippen LogP contribution in [0.1, 0.15) is 29.3 Å². The average molecular weight is 285 g/mol. The predicted molar refractivity (Wildman–Crippen MR) is 78.9 cm³/mol. The van der Waals surface area contributed by atoms with E-state index in [0.717, 1.165) is 10.5 Å². The first-order valence-corrected chi connectivity index (χ1v) is 7.88. The third kappa shape index (κ3) is 4.46. The van der Waals surface area contributed by atoms with Crippen LogP contribution in [-0.4, -0.2) is 28.2 Å². The van der Waals surface area contributed by atoms with E-state index in [1.165, 1.54) is 0 Å². The highest BCUT2D eigenvalue weighted by atomic mass is 32.2. The van der Waals surface area contributed by atoms with E-state index in [9.17, 15) is 9.00 Å². The van der Waals surface area contributed by atoms with Crippen molar-refractivity contribution in [3.05, 3.63) is 29.3 Å². The summed E-state index contributed by atoms with van der Waals surface area (Å²) in [7, 11) is -0.841. The topological polar surface area (TPSA) is 46.2 Å². The van der Waals surface area contributed by atoms with E-state index in [4.69, 9.17) is 0 Å². The van der Waals surface area contributed by atoms with Gasteiger partial charge in [-0.15, -0.1) is 12.6 Å². The van der Waals surface area contributed by atoms with Crippen LogP contribution in [0.25, 0.3) is 0 Å². The fourth-order valence-electron chi connectivity index (χ4n) is 1.50. The Morgan fingerprint density at radius 3 is 2.78 bits per heavy atom. The molecule has 100 valence electrons. The minimum Gasteiger partial charge on any atom is -0.352 e. The van der Waals surface area contributed by atoms with Crippen LogP contribution >= 0.6 is 12.6 Å². The van der Waals surface area contributed by atoms with Crippen molar-refractivity contribution >= 4 is 29.3 Å². The molecule has 1 N–H and O–H groups in total. The SMILES string of the molecule is Cc1ccc(S)cc1C(=O)NCCC(C)S(C)=O. The van der Waals surface area contributed by atoms with Gasteiger partial charge in [0.2, 0.25) is 0 Å². The summed E-state index contributed by atoms with van der Waals surface area (Å²) in [6, 6.07) is 5.49. The fourth-order valence-corrected chi connectivity index (χ4v) is 2.16. The van der Waals surface area contributed by atoms with Crippen molar-refractivity contribution in [2.24, 2.45) is 0 Å². The van der Waals surface area contributed by atoms with Crippen LogP contribution < -0.4 is 5.32 Å². The van der Waals surface area contributed by atoms with Gasteiger partial charge in [0, 0.05) is 39.3 Å². The van der Waals surface area contributed by atoms with Crippen LogP contribution in [-0.2, 0) is 10.8 Å². The predicted octanol–water partition coefficient (Wildman–Crippen LogP) is 2.17. The Hall–Kier alpha value is -0.810. The Kier molecular flexibility index (Phi) is 5.88. The van der Waals surface area contributed by atoms with Crippen LogP contribution in [0.3, 0.4) is 0 Å². The highest BCUT2D eigenvalue weighted by Crippen LogP contribution is 2.13. The van der Waals surface area contributed by atoms with Gasteiger partial charge in [-0.05, 0) is 31.0 Å². The molecule has 0 saturated carbocycles. The molecule has 3 nitrogen and oxygen atoms in total. The van der Waals surface area contributed by atoms with E-state index in [1.54, 1.807) is 12.3 Å². The van der Waals surface area contributed by atoms with Crippen molar-refractivity contribution in [3.8, 4) is 0 Å². The lowest BCUT2D eigenvalue weighted by Gasteiger charge is -2.11. The van der Waals surface area contributed by atoms with E-state index < -0.39 is 10.8 Å². The third-order valence-electron chi connectivity index (χ3n) is 2.87. The molecule has 2 unspecified atom stereocenters. The number of aryl methyl sites for hydroxylation is 1. The molecule has 0 fully saturated rings. The molecular formula is C13H19NO2S2. The maximum atomic E-state index is 11.9. The van der Waals surface area contributed by atoms with Crippen molar-refractivity contribution < 1.29 is 9.00 Å². The van der Waals surface area contributed by atoms with E-state index >= 15 is 0 Å². The van der Waals surface area contributed by atoms with Crippen molar-refractivity contribution in [2.75, 3.05) is 12.8 Å². The second-order valence-corrected chi connectivity index (χ2v) is 6.67. The number of nitrogens with one attached hydrogen (secondary N) is 1. The van der Waals surface area contributed by atoms with Gasteiger partial charge < -0.3 is 5.32 Å². The molecule has 0 bridgehead atoms. The molecule has 0 heterocycles. The number of hydrogen-bond donors (Lipinski definition) is 2. The second-order valence-electron chi connectivity index (χ2n) is 4.35. The van der Waals surface area contributed by atoms with Crippen LogP contribution in [0.4, 0.5) is 0 Å². The molecular weight excluding hydrogens is 266 g/mol. The maximum absolute atomic E-state index is 11.9. The summed E-state index contributed by atoms with van der Waals surface area (Å²) in [5.41, 5.74) is 1.57. The van der Waals surface area contributed by atoms with E-state index in [1.807, 2.05) is 26.0 Å². The third-order valence-corrected chi connectivity index (χ3v) is 4.52. The Balaban J connectivity index is 2.55. The van der Waals surface area contributed by atoms with Crippen molar-refractivity contribution in [3.63, 3.8) is 0 Å². The Morgan fingerprint density at radius 2 is 2.17 bits per heavy atom. The molecule has 0 saturated heterocycles. The number of benzene rings is 1. The molecule has 1 aromatic rings. The molecule has 5 heteroatoms. The molecule has 0 spiro atoms. The lowest BCUT2D eigenvalue weighted by molar-refractivity contribution is 0.0952. The van der Waals surface area contributed by atoms with Crippen molar-refractivity contribution in [1.82, 2.24) is 5.32 Å². The monoisotopic (exact) mass is 285 g/mol. The summed E-state index contributed by atoms with van der Waals surface area (Å²) < 4.78 is 11.2. The quantitative estimate of drug-likeness (QED) is 0.815. The maximum Gasteiger partial charge on any atom is 0.251 e. The summed E-state index contributed by atoms with van der Waals surface area (Å²) in [5.74, 6) is -0.0996. The van der Waals surface area contributed by atoms with Gasteiger partial charge in [0.15, 0.2) is 0 Å². The average Bonchev–Trinajstić information content (AvgIpc) is 2.31. The first-order chi connectivity index (χ1) is 8.41. The summed E-state index contributed by atoms with van der Waals surface area (Å²) in [4.78, 5) is 12.7. The number of carbonyl (C=O) groups is 1. The van der Waals surface area contributed by atoms with Gasteiger partial charge in [0.25, 0.3) is 5.91 Å². The van der Waals surface area contributed by atoms with E-state index in [-0.39, 0.29) is 11.2 Å². The summed E-state index contributed by atoms with van der Waals surface area (Å²) in [6.07, 6.45) is 2.40. The minimum atomic E-state index is -0.841. The number of carbonyl (C=O) groups excluding carboxylic acids is 1. The first-order valence-electron chi connectivity index (χ1n) is 5.82.